The number of amides is 3. The van der Waals surface area contributed by atoms with Gasteiger partial charge in [-0.2, -0.15) is 13.2 Å². The van der Waals surface area contributed by atoms with Gasteiger partial charge >= 0.3 is 12.2 Å². The highest BCUT2D eigenvalue weighted by Gasteiger charge is 2.41. The monoisotopic (exact) mass is 527 g/mol. The number of anilines is 2. The van der Waals surface area contributed by atoms with E-state index in [4.69, 9.17) is 16.3 Å². The quantitative estimate of drug-likeness (QED) is 0.464. The van der Waals surface area contributed by atoms with Crippen molar-refractivity contribution in [2.24, 2.45) is 0 Å². The van der Waals surface area contributed by atoms with Crippen molar-refractivity contribution in [2.75, 3.05) is 23.7 Å². The summed E-state index contributed by atoms with van der Waals surface area (Å²) in [5, 5.41) is 3.78. The molecule has 1 saturated heterocycles. The fourth-order valence-corrected chi connectivity index (χ4v) is 3.29. The first-order valence-corrected chi connectivity index (χ1v) is 10.3. The maximum Gasteiger partial charge on any atom is 0.425 e. The minimum absolute atomic E-state index is 0.240. The second kappa shape index (κ2) is 9.80. The summed E-state index contributed by atoms with van der Waals surface area (Å²) < 4.78 is 99.5. The van der Waals surface area contributed by atoms with Crippen LogP contribution in [0.4, 0.5) is 46.9 Å². The van der Waals surface area contributed by atoms with Crippen molar-refractivity contribution in [3.05, 3.63) is 52.6 Å². The van der Waals surface area contributed by atoms with Crippen molar-refractivity contribution in [3.63, 3.8) is 0 Å². The maximum absolute atomic E-state index is 14.7. The van der Waals surface area contributed by atoms with Crippen LogP contribution < -0.4 is 15.4 Å². The number of hydrogen-bond acceptors (Lipinski definition) is 3. The van der Waals surface area contributed by atoms with E-state index >= 15 is 0 Å². The third-order valence-electron chi connectivity index (χ3n) is 4.98. The zero-order valence-electron chi connectivity index (χ0n) is 17.8. The average molecular weight is 528 g/mol. The number of ether oxygens (including phenoxy) is 1. The SMILES string of the molecule is C[C@H](Oc1cc(NC(=O)N2CCC(F)(F)C2)c(F)cc1C(=O)Nc1c(F)cccc1Cl)C(F)(F)F. The molecule has 1 aliphatic heterocycles. The van der Waals surface area contributed by atoms with Crippen LogP contribution in [0.1, 0.15) is 23.7 Å². The van der Waals surface area contributed by atoms with Gasteiger partial charge < -0.3 is 20.3 Å². The molecule has 2 aromatic rings. The molecule has 35 heavy (non-hydrogen) atoms. The molecule has 2 aromatic carbocycles. The minimum Gasteiger partial charge on any atom is -0.480 e. The number of nitrogens with one attached hydrogen (secondary N) is 2. The van der Waals surface area contributed by atoms with E-state index < -0.39 is 77.4 Å². The molecule has 0 aromatic heterocycles. The van der Waals surface area contributed by atoms with Gasteiger partial charge in [0.15, 0.2) is 6.10 Å². The summed E-state index contributed by atoms with van der Waals surface area (Å²) in [6, 6.07) is 3.33. The highest BCUT2D eigenvalue weighted by Crippen LogP contribution is 2.34. The lowest BCUT2D eigenvalue weighted by Gasteiger charge is -2.22. The molecular weight excluding hydrogens is 511 g/mol. The van der Waals surface area contributed by atoms with Crippen molar-refractivity contribution in [1.29, 1.82) is 0 Å². The summed E-state index contributed by atoms with van der Waals surface area (Å²) in [5.74, 6) is -7.48. The third kappa shape index (κ3) is 6.27. The van der Waals surface area contributed by atoms with Crippen LogP contribution in [0, 0.1) is 11.6 Å². The molecule has 0 saturated carbocycles. The summed E-state index contributed by atoms with van der Waals surface area (Å²) in [7, 11) is 0. The Labute approximate surface area is 199 Å². The highest BCUT2D eigenvalue weighted by atomic mass is 35.5. The summed E-state index contributed by atoms with van der Waals surface area (Å²) in [4.78, 5) is 25.6. The van der Waals surface area contributed by atoms with Gasteiger partial charge in [0.25, 0.3) is 11.8 Å². The predicted octanol–water partition coefficient (Wildman–Crippen LogP) is 6.07. The van der Waals surface area contributed by atoms with Gasteiger partial charge in [-0.25, -0.2) is 22.4 Å². The first-order valence-electron chi connectivity index (χ1n) is 9.94. The number of para-hydroxylation sites is 1. The van der Waals surface area contributed by atoms with Gasteiger partial charge in [-0.3, -0.25) is 4.79 Å². The van der Waals surface area contributed by atoms with Crippen molar-refractivity contribution in [3.8, 4) is 5.75 Å². The number of rotatable bonds is 5. The lowest BCUT2D eigenvalue weighted by Crippen LogP contribution is -2.35. The number of alkyl halides is 5. The van der Waals surface area contributed by atoms with E-state index in [1.165, 1.54) is 12.1 Å². The van der Waals surface area contributed by atoms with Crippen LogP contribution in [0.25, 0.3) is 0 Å². The first kappa shape index (κ1) is 26.4. The number of carbonyl (C=O) groups is 2. The molecule has 3 rings (SSSR count). The highest BCUT2D eigenvalue weighted by molar-refractivity contribution is 6.34. The molecule has 0 bridgehead atoms. The summed E-state index contributed by atoms with van der Waals surface area (Å²) >= 11 is 5.83. The van der Waals surface area contributed by atoms with Gasteiger partial charge in [0, 0.05) is 19.0 Å². The molecule has 1 atom stereocenters. The third-order valence-corrected chi connectivity index (χ3v) is 5.29. The van der Waals surface area contributed by atoms with E-state index in [2.05, 4.69) is 0 Å². The lowest BCUT2D eigenvalue weighted by atomic mass is 10.1. The van der Waals surface area contributed by atoms with E-state index in [1.807, 2.05) is 10.6 Å². The Hall–Kier alpha value is -3.22. The summed E-state index contributed by atoms with van der Waals surface area (Å²) in [6.45, 7) is -0.652. The van der Waals surface area contributed by atoms with Gasteiger partial charge in [-0.15, -0.1) is 0 Å². The summed E-state index contributed by atoms with van der Waals surface area (Å²) in [6.07, 6.45) is -7.98. The Kier molecular flexibility index (Phi) is 7.39. The van der Waals surface area contributed by atoms with E-state index in [-0.39, 0.29) is 11.6 Å². The van der Waals surface area contributed by atoms with Crippen LogP contribution in [0.15, 0.2) is 30.3 Å². The Morgan fingerprint density at radius 2 is 1.83 bits per heavy atom. The Morgan fingerprint density at radius 1 is 1.14 bits per heavy atom. The van der Waals surface area contributed by atoms with E-state index in [0.717, 1.165) is 6.07 Å². The zero-order valence-corrected chi connectivity index (χ0v) is 18.5. The standard InChI is InChI=1S/C21H17ClF7N3O3/c1-10(21(27,28)29)35-16-8-15(30-19(34)32-6-5-20(25,26)9-32)14(24)7-11(16)18(33)31-17-12(22)3-2-4-13(17)23/h2-4,7-8,10H,5-6,9H2,1H3,(H,30,34)(H,31,33)/t10-/m0/s1. The van der Waals surface area contributed by atoms with E-state index in [0.29, 0.717) is 24.0 Å². The number of carbonyl (C=O) groups excluding carboxylic acids is 2. The first-order chi connectivity index (χ1) is 16.2. The zero-order chi connectivity index (χ0) is 26.1. The molecule has 0 radical (unpaired) electrons. The Bertz CT molecular complexity index is 1120. The van der Waals surface area contributed by atoms with Crippen LogP contribution in [0.2, 0.25) is 5.02 Å². The molecule has 190 valence electrons. The average Bonchev–Trinajstić information content (AvgIpc) is 3.12. The molecule has 2 N–H and O–H groups in total. The Morgan fingerprint density at radius 3 is 2.40 bits per heavy atom. The van der Waals surface area contributed by atoms with Gasteiger partial charge in [-0.1, -0.05) is 17.7 Å². The van der Waals surface area contributed by atoms with Crippen molar-refractivity contribution in [1.82, 2.24) is 4.90 Å². The topological polar surface area (TPSA) is 70.7 Å². The molecule has 6 nitrogen and oxygen atoms in total. The number of hydrogen-bond donors (Lipinski definition) is 2. The molecule has 1 heterocycles. The number of likely N-dealkylation sites (tertiary alicyclic amines) is 1. The second-order valence-electron chi connectivity index (χ2n) is 7.64. The molecule has 1 fully saturated rings. The maximum atomic E-state index is 14.7. The van der Waals surface area contributed by atoms with Gasteiger partial charge in [0.2, 0.25) is 0 Å². The van der Waals surface area contributed by atoms with Crippen LogP contribution in [0.5, 0.6) is 5.75 Å². The molecule has 3 amide bonds. The van der Waals surface area contributed by atoms with Crippen LogP contribution >= 0.6 is 11.6 Å². The van der Waals surface area contributed by atoms with Crippen molar-refractivity contribution >= 4 is 34.9 Å². The smallest absolute Gasteiger partial charge is 0.425 e. The van der Waals surface area contributed by atoms with Crippen LogP contribution in [0.3, 0.4) is 0 Å². The van der Waals surface area contributed by atoms with E-state index in [9.17, 15) is 40.3 Å². The molecule has 0 aliphatic carbocycles. The fraction of sp³-hybridized carbons (Fsp3) is 0.333. The normalized spacial score (nSPS) is 16.1. The van der Waals surface area contributed by atoms with Crippen molar-refractivity contribution in [2.45, 2.75) is 31.5 Å². The number of benzene rings is 2. The fourth-order valence-electron chi connectivity index (χ4n) is 3.08. The molecule has 1 aliphatic rings. The molecular formula is C21H17ClF7N3O3. The second-order valence-corrected chi connectivity index (χ2v) is 8.05. The lowest BCUT2D eigenvalue weighted by molar-refractivity contribution is -0.189. The molecule has 14 heteroatoms. The van der Waals surface area contributed by atoms with Crippen LogP contribution in [-0.2, 0) is 0 Å². The molecule has 0 spiro atoms. The predicted molar refractivity (Wildman–Crippen MR) is 112 cm³/mol. The number of urea groups is 1. The van der Waals surface area contributed by atoms with Gasteiger partial charge in [0.05, 0.1) is 28.5 Å². The minimum atomic E-state index is -4.89. The van der Waals surface area contributed by atoms with Gasteiger partial charge in [-0.05, 0) is 25.1 Å². The number of nitrogens with zero attached hydrogens (tertiary/aromatic N) is 1. The largest absolute Gasteiger partial charge is 0.480 e. The van der Waals surface area contributed by atoms with Crippen molar-refractivity contribution < 1.29 is 45.1 Å². The summed E-state index contributed by atoms with van der Waals surface area (Å²) in [5.41, 5.74) is -2.01. The Balaban J connectivity index is 1.94. The molecule has 0 unspecified atom stereocenters. The number of halogens is 8. The van der Waals surface area contributed by atoms with E-state index in [1.54, 1.807) is 0 Å². The van der Waals surface area contributed by atoms with Crippen LogP contribution in [-0.4, -0.2) is 48.1 Å². The van der Waals surface area contributed by atoms with Gasteiger partial charge in [0.1, 0.15) is 17.4 Å².